The molecule has 3 rings (SSSR count). The van der Waals surface area contributed by atoms with Crippen LogP contribution < -0.4 is 0 Å². The lowest BCUT2D eigenvalue weighted by molar-refractivity contribution is -0.124. The molecular weight excluding hydrogens is 234 g/mol. The van der Waals surface area contributed by atoms with Crippen molar-refractivity contribution < 1.29 is 19.8 Å². The molecule has 2 amide bonds. The lowest BCUT2D eigenvalue weighted by atomic mass is 9.94. The van der Waals surface area contributed by atoms with Crippen LogP contribution in [0.2, 0.25) is 0 Å². The largest absolute Gasteiger partial charge is 0.515 e. The molecule has 1 heterocycles. The summed E-state index contributed by atoms with van der Waals surface area (Å²) in [4.78, 5) is 23.9. The Bertz CT molecular complexity index is 578. The minimum atomic E-state index is -1.26. The average molecular weight is 245 g/mol. The van der Waals surface area contributed by atoms with Gasteiger partial charge in [0.2, 0.25) is 0 Å². The molecule has 2 N–H and O–H groups in total. The smallest absolute Gasteiger partial charge is 0.414 e. The molecule has 92 valence electrons. The topological polar surface area (TPSA) is 77.8 Å². The molecule has 5 heteroatoms. The summed E-state index contributed by atoms with van der Waals surface area (Å²) in [5.74, 6) is -0.954. The molecule has 1 saturated heterocycles. The Morgan fingerprint density at radius 2 is 2.11 bits per heavy atom. The number of amides is 2. The van der Waals surface area contributed by atoms with Gasteiger partial charge in [0, 0.05) is 5.92 Å². The number of hydrogen-bond donors (Lipinski definition) is 2. The van der Waals surface area contributed by atoms with Crippen LogP contribution in [0, 0.1) is 0 Å². The fraction of sp³-hybridized carbons (Fsp3) is 0.231. The van der Waals surface area contributed by atoms with Gasteiger partial charge in [0.1, 0.15) is 0 Å². The van der Waals surface area contributed by atoms with Crippen molar-refractivity contribution in [3.63, 3.8) is 0 Å². The number of carbonyl (C=O) groups excluding carboxylic acids is 1. The lowest BCUT2D eigenvalue weighted by Gasteiger charge is -2.17. The lowest BCUT2D eigenvalue weighted by Crippen LogP contribution is -2.38. The zero-order valence-electron chi connectivity index (χ0n) is 9.41. The highest BCUT2D eigenvalue weighted by Crippen LogP contribution is 2.46. The summed E-state index contributed by atoms with van der Waals surface area (Å²) in [6.07, 6.45) is -0.0130. The van der Waals surface area contributed by atoms with Gasteiger partial charge in [0.05, 0.1) is 17.9 Å². The summed E-state index contributed by atoms with van der Waals surface area (Å²) in [7, 11) is 0. The number of carboxylic acid groups (broad SMARTS) is 1. The minimum Gasteiger partial charge on any atom is -0.515 e. The van der Waals surface area contributed by atoms with E-state index in [9.17, 15) is 14.7 Å². The maximum Gasteiger partial charge on any atom is 0.414 e. The molecule has 2 unspecified atom stereocenters. The fourth-order valence-corrected chi connectivity index (χ4v) is 2.98. The van der Waals surface area contributed by atoms with Gasteiger partial charge >= 0.3 is 6.09 Å². The average Bonchev–Trinajstić information content (AvgIpc) is 2.81. The predicted octanol–water partition coefficient (Wildman–Crippen LogP) is 1.66. The highest BCUT2D eigenvalue weighted by molar-refractivity contribution is 6.06. The van der Waals surface area contributed by atoms with Crippen molar-refractivity contribution >= 4 is 12.0 Å². The van der Waals surface area contributed by atoms with Crippen LogP contribution in [0.1, 0.15) is 17.0 Å². The van der Waals surface area contributed by atoms with E-state index in [0.717, 1.165) is 22.3 Å². The molecule has 1 aromatic carbocycles. The molecule has 2 atom stereocenters. The van der Waals surface area contributed by atoms with Gasteiger partial charge in [0.15, 0.2) is 0 Å². The number of imide groups is 1. The van der Waals surface area contributed by atoms with Gasteiger partial charge in [-0.05, 0) is 17.5 Å². The zero-order chi connectivity index (χ0) is 12.9. The molecule has 2 aliphatic rings. The number of benzene rings is 1. The molecule has 1 fully saturated rings. The SMILES string of the molecule is O=C(O)N1C(=O)/C(=C/O)C2c3ccccc3CC21. The highest BCUT2D eigenvalue weighted by atomic mass is 16.4. The molecule has 18 heavy (non-hydrogen) atoms. The number of aliphatic hydroxyl groups is 1. The third kappa shape index (κ3) is 1.21. The number of hydrogen-bond acceptors (Lipinski definition) is 3. The summed E-state index contributed by atoms with van der Waals surface area (Å²) in [6, 6.07) is 7.11. The van der Waals surface area contributed by atoms with Crippen LogP contribution >= 0.6 is 0 Å². The summed E-state index contributed by atoms with van der Waals surface area (Å²) in [5.41, 5.74) is 2.12. The third-order valence-electron chi connectivity index (χ3n) is 3.68. The van der Waals surface area contributed by atoms with Gasteiger partial charge in [-0.2, -0.15) is 0 Å². The first-order valence-corrected chi connectivity index (χ1v) is 5.63. The third-order valence-corrected chi connectivity index (χ3v) is 3.68. The maximum atomic E-state index is 11.9. The molecule has 5 nitrogen and oxygen atoms in total. The molecular formula is C13H11NO4. The molecule has 1 aliphatic carbocycles. The van der Waals surface area contributed by atoms with E-state index < -0.39 is 18.0 Å². The number of likely N-dealkylation sites (tertiary alicyclic amines) is 1. The van der Waals surface area contributed by atoms with Crippen molar-refractivity contribution in [3.05, 3.63) is 47.2 Å². The van der Waals surface area contributed by atoms with E-state index in [1.165, 1.54) is 0 Å². The number of aliphatic hydroxyl groups excluding tert-OH is 1. The number of nitrogens with zero attached hydrogens (tertiary/aromatic N) is 1. The van der Waals surface area contributed by atoms with E-state index in [1.54, 1.807) is 0 Å². The first-order chi connectivity index (χ1) is 8.65. The molecule has 0 radical (unpaired) electrons. The second-order valence-corrected chi connectivity index (χ2v) is 4.49. The molecule has 1 aromatic rings. The molecule has 1 aliphatic heterocycles. The summed E-state index contributed by atoms with van der Waals surface area (Å²) >= 11 is 0. The quantitative estimate of drug-likeness (QED) is 0.538. The monoisotopic (exact) mass is 245 g/mol. The van der Waals surface area contributed by atoms with Crippen LogP contribution in [0.25, 0.3) is 0 Å². The molecule has 0 aromatic heterocycles. The summed E-state index contributed by atoms with van der Waals surface area (Å²) < 4.78 is 0. The first-order valence-electron chi connectivity index (χ1n) is 5.63. The highest BCUT2D eigenvalue weighted by Gasteiger charge is 2.51. The van der Waals surface area contributed by atoms with Crippen LogP contribution in [0.5, 0.6) is 0 Å². The molecule has 0 saturated carbocycles. The summed E-state index contributed by atoms with van der Waals surface area (Å²) in [5, 5.41) is 18.3. The number of rotatable bonds is 0. The van der Waals surface area contributed by atoms with Crippen LogP contribution in [-0.4, -0.2) is 33.2 Å². The Morgan fingerprint density at radius 1 is 1.39 bits per heavy atom. The Hall–Kier alpha value is -2.30. The van der Waals surface area contributed by atoms with Gasteiger partial charge in [-0.15, -0.1) is 0 Å². The van der Waals surface area contributed by atoms with E-state index in [4.69, 9.17) is 5.11 Å². The van der Waals surface area contributed by atoms with Crippen molar-refractivity contribution in [1.82, 2.24) is 4.90 Å². The molecule has 0 bridgehead atoms. The van der Waals surface area contributed by atoms with E-state index in [2.05, 4.69) is 0 Å². The Labute approximate surface area is 103 Å². The zero-order valence-corrected chi connectivity index (χ0v) is 9.41. The van der Waals surface area contributed by atoms with E-state index in [0.29, 0.717) is 6.42 Å². The van der Waals surface area contributed by atoms with E-state index in [1.807, 2.05) is 24.3 Å². The number of fused-ring (bicyclic) bond motifs is 3. The van der Waals surface area contributed by atoms with Crippen LogP contribution in [0.4, 0.5) is 4.79 Å². The van der Waals surface area contributed by atoms with E-state index >= 15 is 0 Å². The maximum absolute atomic E-state index is 11.9. The van der Waals surface area contributed by atoms with Gasteiger partial charge in [-0.25, -0.2) is 9.69 Å². The van der Waals surface area contributed by atoms with Crippen LogP contribution in [0.15, 0.2) is 36.1 Å². The van der Waals surface area contributed by atoms with Gasteiger partial charge in [0.25, 0.3) is 5.91 Å². The van der Waals surface area contributed by atoms with Gasteiger partial charge < -0.3 is 10.2 Å². The van der Waals surface area contributed by atoms with Crippen LogP contribution in [0.3, 0.4) is 0 Å². The molecule has 0 spiro atoms. The summed E-state index contributed by atoms with van der Waals surface area (Å²) in [6.45, 7) is 0. The van der Waals surface area contributed by atoms with Crippen molar-refractivity contribution in [3.8, 4) is 0 Å². The van der Waals surface area contributed by atoms with E-state index in [-0.39, 0.29) is 11.5 Å². The number of carbonyl (C=O) groups is 2. The van der Waals surface area contributed by atoms with Crippen molar-refractivity contribution in [2.75, 3.05) is 0 Å². The van der Waals surface area contributed by atoms with Gasteiger partial charge in [-0.3, -0.25) is 4.79 Å². The Balaban J connectivity index is 2.14. The van der Waals surface area contributed by atoms with Gasteiger partial charge in [-0.1, -0.05) is 24.3 Å². The first kappa shape index (κ1) is 10.8. The predicted molar refractivity (Wildman–Crippen MR) is 62.3 cm³/mol. The standard InChI is InChI=1S/C13H11NO4/c15-6-9-11-8-4-2-1-3-7(8)5-10(11)14(12(9)16)13(17)18/h1-4,6,10-11,15H,5H2,(H,17,18)/b9-6+. The minimum absolute atomic E-state index is 0.160. The van der Waals surface area contributed by atoms with Crippen molar-refractivity contribution in [2.45, 2.75) is 18.4 Å². The van der Waals surface area contributed by atoms with Crippen LogP contribution in [-0.2, 0) is 11.2 Å². The second kappa shape index (κ2) is 3.60. The normalized spacial score (nSPS) is 27.4. The van der Waals surface area contributed by atoms with Crippen molar-refractivity contribution in [2.24, 2.45) is 0 Å². The second-order valence-electron chi connectivity index (χ2n) is 4.49. The Kier molecular flexibility index (Phi) is 2.16. The van der Waals surface area contributed by atoms with Crippen molar-refractivity contribution in [1.29, 1.82) is 0 Å². The fourth-order valence-electron chi connectivity index (χ4n) is 2.98. The Morgan fingerprint density at radius 3 is 2.78 bits per heavy atom.